The maximum atomic E-state index is 13.3. The van der Waals surface area contributed by atoms with E-state index in [4.69, 9.17) is 23.7 Å². The summed E-state index contributed by atoms with van der Waals surface area (Å²) in [4.78, 5) is 40.5. The molecule has 0 unspecified atom stereocenters. The molecule has 218 valence electrons. The van der Waals surface area contributed by atoms with Gasteiger partial charge >= 0.3 is 18.2 Å². The average Bonchev–Trinajstić information content (AvgIpc) is 3.18. The van der Waals surface area contributed by atoms with Crippen molar-refractivity contribution in [3.63, 3.8) is 0 Å². The predicted octanol–water partition coefficient (Wildman–Crippen LogP) is 5.72. The number of hydrogen-bond donors (Lipinski definition) is 0. The maximum absolute atomic E-state index is 13.3. The van der Waals surface area contributed by atoms with Gasteiger partial charge in [0.1, 0.15) is 17.0 Å². The largest absolute Gasteiger partial charge is 0.509 e. The van der Waals surface area contributed by atoms with Gasteiger partial charge in [0, 0.05) is 6.42 Å². The Hall–Kier alpha value is -3.75. The lowest BCUT2D eigenvalue weighted by molar-refractivity contribution is -0.156. The van der Waals surface area contributed by atoms with Gasteiger partial charge in [0.15, 0.2) is 12.2 Å². The van der Waals surface area contributed by atoms with E-state index < -0.39 is 47.7 Å². The number of hydrogen-bond acceptors (Lipinski definition) is 8. The van der Waals surface area contributed by atoms with Crippen LogP contribution in [0, 0.1) is 0 Å². The Labute approximate surface area is 236 Å². The van der Waals surface area contributed by atoms with Gasteiger partial charge in [-0.1, -0.05) is 42.5 Å². The zero-order valence-electron chi connectivity index (χ0n) is 24.5. The number of esters is 1. The Morgan fingerprint density at radius 1 is 0.825 bits per heavy atom. The van der Waals surface area contributed by atoms with Crippen molar-refractivity contribution in [3.05, 3.63) is 65.7 Å². The van der Waals surface area contributed by atoms with Gasteiger partial charge in [0.05, 0.1) is 19.7 Å². The molecule has 40 heavy (non-hydrogen) atoms. The summed E-state index contributed by atoms with van der Waals surface area (Å²) in [6, 6.07) is 16.3. The third-order valence-corrected chi connectivity index (χ3v) is 6.12. The first-order valence-electron chi connectivity index (χ1n) is 13.5. The van der Waals surface area contributed by atoms with Crippen LogP contribution in [0.1, 0.15) is 59.1 Å². The molecular formula is C31H41NO8. The highest BCUT2D eigenvalue weighted by atomic mass is 16.7. The van der Waals surface area contributed by atoms with Crippen molar-refractivity contribution >= 4 is 18.2 Å². The minimum atomic E-state index is -0.953. The lowest BCUT2D eigenvalue weighted by atomic mass is 10.0. The number of likely N-dealkylation sites (tertiary alicyclic amines) is 1. The van der Waals surface area contributed by atoms with Crippen molar-refractivity contribution in [3.8, 4) is 5.75 Å². The average molecular weight is 556 g/mol. The van der Waals surface area contributed by atoms with Crippen LogP contribution in [-0.4, -0.2) is 66.2 Å². The monoisotopic (exact) mass is 555 g/mol. The van der Waals surface area contributed by atoms with Crippen molar-refractivity contribution in [1.82, 2.24) is 4.90 Å². The van der Waals surface area contributed by atoms with Crippen molar-refractivity contribution in [2.75, 3.05) is 13.7 Å². The molecule has 1 fully saturated rings. The van der Waals surface area contributed by atoms with Crippen LogP contribution >= 0.6 is 0 Å². The molecule has 0 aliphatic carbocycles. The highest BCUT2D eigenvalue weighted by Crippen LogP contribution is 2.30. The standard InChI is InChI=1S/C31H41NO8/c1-30(2,3)39-28(34)32-20-25(37-29(35)40-31(4,5)6)27(24(32)19-22-13-16-23(36-7)17-14-22)38-26(33)18-15-21-11-9-8-10-12-21/h8-14,16-17,24-25,27H,15,18-20H2,1-7H3/t24-,25+,27+/m1/s1. The van der Waals surface area contributed by atoms with E-state index in [-0.39, 0.29) is 13.0 Å². The Morgan fingerprint density at radius 2 is 1.45 bits per heavy atom. The first kappa shape index (κ1) is 30.8. The van der Waals surface area contributed by atoms with E-state index in [2.05, 4.69) is 0 Å². The summed E-state index contributed by atoms with van der Waals surface area (Å²) in [5, 5.41) is 0. The Morgan fingerprint density at radius 3 is 2.02 bits per heavy atom. The Balaban J connectivity index is 1.89. The molecule has 3 rings (SSSR count). The van der Waals surface area contributed by atoms with Gasteiger partial charge in [-0.15, -0.1) is 0 Å². The van der Waals surface area contributed by atoms with Crippen LogP contribution in [0.5, 0.6) is 5.75 Å². The van der Waals surface area contributed by atoms with Crippen LogP contribution in [0.15, 0.2) is 54.6 Å². The Bertz CT molecular complexity index is 1130. The van der Waals surface area contributed by atoms with Gasteiger partial charge in [-0.3, -0.25) is 9.69 Å². The molecule has 9 heteroatoms. The second-order valence-electron chi connectivity index (χ2n) is 11.8. The van der Waals surface area contributed by atoms with Gasteiger partial charge in [-0.05, 0) is 77.6 Å². The molecule has 1 aliphatic heterocycles. The quantitative estimate of drug-likeness (QED) is 0.301. The van der Waals surface area contributed by atoms with Crippen LogP contribution in [0.25, 0.3) is 0 Å². The third-order valence-electron chi connectivity index (χ3n) is 6.12. The van der Waals surface area contributed by atoms with E-state index in [1.807, 2.05) is 54.6 Å². The minimum Gasteiger partial charge on any atom is -0.497 e. The zero-order valence-corrected chi connectivity index (χ0v) is 24.5. The first-order chi connectivity index (χ1) is 18.7. The highest BCUT2D eigenvalue weighted by Gasteiger charge is 2.50. The van der Waals surface area contributed by atoms with Gasteiger partial charge in [0.25, 0.3) is 0 Å². The lowest BCUT2D eigenvalue weighted by Gasteiger charge is -2.30. The lowest BCUT2D eigenvalue weighted by Crippen LogP contribution is -2.45. The number of nitrogens with zero attached hydrogens (tertiary/aromatic N) is 1. The summed E-state index contributed by atoms with van der Waals surface area (Å²) in [5.41, 5.74) is 0.332. The molecule has 1 aliphatic rings. The number of carbonyl (C=O) groups excluding carboxylic acids is 3. The van der Waals surface area contributed by atoms with Gasteiger partial charge in [0.2, 0.25) is 0 Å². The highest BCUT2D eigenvalue weighted by molar-refractivity contribution is 5.72. The minimum absolute atomic E-state index is 0.0222. The van der Waals surface area contributed by atoms with Crippen molar-refractivity contribution < 1.29 is 38.1 Å². The Kier molecular flexibility index (Phi) is 10.1. The summed E-state index contributed by atoms with van der Waals surface area (Å²) in [6.45, 7) is 10.5. The summed E-state index contributed by atoms with van der Waals surface area (Å²) >= 11 is 0. The molecule has 1 heterocycles. The molecule has 2 aromatic carbocycles. The van der Waals surface area contributed by atoms with Crippen LogP contribution in [0.2, 0.25) is 0 Å². The molecule has 2 aromatic rings. The van der Waals surface area contributed by atoms with Crippen molar-refractivity contribution in [2.24, 2.45) is 0 Å². The smallest absolute Gasteiger partial charge is 0.497 e. The molecular weight excluding hydrogens is 514 g/mol. The number of methoxy groups -OCH3 is 1. The number of ether oxygens (including phenoxy) is 5. The van der Waals surface area contributed by atoms with E-state index in [9.17, 15) is 14.4 Å². The van der Waals surface area contributed by atoms with E-state index in [1.54, 1.807) is 48.7 Å². The van der Waals surface area contributed by atoms with Gasteiger partial charge in [-0.2, -0.15) is 0 Å². The molecule has 1 amide bonds. The molecule has 0 aromatic heterocycles. The van der Waals surface area contributed by atoms with E-state index >= 15 is 0 Å². The number of carbonyl (C=O) groups is 3. The number of rotatable bonds is 8. The molecule has 0 saturated carbocycles. The first-order valence-corrected chi connectivity index (χ1v) is 13.5. The third kappa shape index (κ3) is 9.47. The maximum Gasteiger partial charge on any atom is 0.509 e. The molecule has 3 atom stereocenters. The second kappa shape index (κ2) is 13.1. The van der Waals surface area contributed by atoms with Crippen molar-refractivity contribution in [1.29, 1.82) is 0 Å². The number of aryl methyl sites for hydroxylation is 1. The molecule has 9 nitrogen and oxygen atoms in total. The van der Waals surface area contributed by atoms with Crippen LogP contribution in [-0.2, 0) is 36.6 Å². The van der Waals surface area contributed by atoms with Gasteiger partial charge < -0.3 is 23.7 Å². The zero-order chi connectivity index (χ0) is 29.5. The second-order valence-corrected chi connectivity index (χ2v) is 11.8. The number of amides is 1. The van der Waals surface area contributed by atoms with Crippen LogP contribution < -0.4 is 4.74 Å². The van der Waals surface area contributed by atoms with Crippen LogP contribution in [0.4, 0.5) is 9.59 Å². The number of benzene rings is 2. The van der Waals surface area contributed by atoms with Gasteiger partial charge in [-0.25, -0.2) is 9.59 Å². The molecule has 1 saturated heterocycles. The van der Waals surface area contributed by atoms with Crippen molar-refractivity contribution in [2.45, 2.75) is 90.3 Å². The van der Waals surface area contributed by atoms with E-state index in [1.165, 1.54) is 4.90 Å². The summed E-state index contributed by atoms with van der Waals surface area (Å²) in [6.07, 6.45) is -2.45. The molecule has 0 bridgehead atoms. The topological polar surface area (TPSA) is 101 Å². The molecule has 0 spiro atoms. The summed E-state index contributed by atoms with van der Waals surface area (Å²) < 4.78 is 27.9. The predicted molar refractivity (Wildman–Crippen MR) is 149 cm³/mol. The van der Waals surface area contributed by atoms with E-state index in [0.29, 0.717) is 18.6 Å². The molecule has 0 radical (unpaired) electrons. The normalized spacial score (nSPS) is 19.1. The van der Waals surface area contributed by atoms with Crippen LogP contribution in [0.3, 0.4) is 0 Å². The van der Waals surface area contributed by atoms with E-state index in [0.717, 1.165) is 11.1 Å². The SMILES string of the molecule is COc1ccc(C[C@@H]2[C@H](OC(=O)CCc3ccccc3)[C@@H](OC(=O)OC(C)(C)C)CN2C(=O)OC(C)(C)C)cc1. The fraction of sp³-hybridized carbons (Fsp3) is 0.516. The summed E-state index contributed by atoms with van der Waals surface area (Å²) in [7, 11) is 1.58. The summed E-state index contributed by atoms with van der Waals surface area (Å²) in [5.74, 6) is 0.228. The fourth-order valence-electron chi connectivity index (χ4n) is 4.38. The fourth-order valence-corrected chi connectivity index (χ4v) is 4.38. The molecule has 0 N–H and O–H groups in total.